The van der Waals surface area contributed by atoms with Gasteiger partial charge in [0.15, 0.2) is 0 Å². The highest BCUT2D eigenvalue weighted by Crippen LogP contribution is 2.28. The van der Waals surface area contributed by atoms with Gasteiger partial charge in [0.2, 0.25) is 0 Å². The van der Waals surface area contributed by atoms with E-state index in [-0.39, 0.29) is 12.5 Å². The molecular weight excluding hydrogens is 286 g/mol. The van der Waals surface area contributed by atoms with Gasteiger partial charge >= 0.3 is 12.1 Å². The van der Waals surface area contributed by atoms with Gasteiger partial charge in [0.25, 0.3) is 0 Å². The molecule has 0 spiro atoms. The molecule has 3 unspecified atom stereocenters. The van der Waals surface area contributed by atoms with E-state index in [0.717, 1.165) is 25.7 Å². The number of alkyl carbamates (subject to hydrolysis) is 1. The summed E-state index contributed by atoms with van der Waals surface area (Å²) in [7, 11) is 0. The van der Waals surface area contributed by atoms with Gasteiger partial charge in [-0.2, -0.15) is 0 Å². The maximum atomic E-state index is 12.1. The summed E-state index contributed by atoms with van der Waals surface area (Å²) in [5.41, 5.74) is -0.631. The van der Waals surface area contributed by atoms with E-state index in [2.05, 4.69) is 5.32 Å². The molecule has 0 aromatic heterocycles. The Bertz CT molecular complexity index is 377. The smallest absolute Gasteiger partial charge is 0.408 e. The number of ether oxygens (including phenoxy) is 2. The van der Waals surface area contributed by atoms with Gasteiger partial charge in [-0.25, -0.2) is 9.59 Å². The Labute approximate surface area is 132 Å². The molecule has 128 valence electrons. The summed E-state index contributed by atoms with van der Waals surface area (Å²) in [6.07, 6.45) is 2.94. The highest BCUT2D eigenvalue weighted by atomic mass is 16.6. The molecule has 0 saturated heterocycles. The van der Waals surface area contributed by atoms with Gasteiger partial charge in [0.05, 0.1) is 12.7 Å². The molecule has 1 aliphatic rings. The monoisotopic (exact) mass is 315 g/mol. The normalized spacial score (nSPS) is 23.5. The van der Waals surface area contributed by atoms with E-state index in [0.29, 0.717) is 6.42 Å². The molecule has 1 aliphatic carbocycles. The molecule has 1 amide bonds. The van der Waals surface area contributed by atoms with Crippen molar-refractivity contribution in [3.63, 3.8) is 0 Å². The average Bonchev–Trinajstić information content (AvgIpc) is 2.38. The van der Waals surface area contributed by atoms with E-state index in [1.807, 2.05) is 0 Å². The van der Waals surface area contributed by atoms with Gasteiger partial charge in [-0.1, -0.05) is 12.8 Å². The lowest BCUT2D eigenvalue weighted by molar-refractivity contribution is -0.146. The van der Waals surface area contributed by atoms with Crippen molar-refractivity contribution in [1.82, 2.24) is 5.32 Å². The van der Waals surface area contributed by atoms with Gasteiger partial charge in [-0.15, -0.1) is 0 Å². The minimum atomic E-state index is -0.785. The van der Waals surface area contributed by atoms with Crippen LogP contribution >= 0.6 is 0 Å². The third-order valence-electron chi connectivity index (χ3n) is 3.67. The summed E-state index contributed by atoms with van der Waals surface area (Å²) in [4.78, 5) is 23.9. The molecule has 0 heterocycles. The van der Waals surface area contributed by atoms with Crippen molar-refractivity contribution in [2.75, 3.05) is 6.61 Å². The molecule has 6 nitrogen and oxygen atoms in total. The Hall–Kier alpha value is -1.30. The zero-order valence-corrected chi connectivity index (χ0v) is 14.1. The Morgan fingerprint density at radius 3 is 2.45 bits per heavy atom. The molecule has 1 saturated carbocycles. The van der Waals surface area contributed by atoms with E-state index in [1.165, 1.54) is 0 Å². The molecule has 0 bridgehead atoms. The Kier molecular flexibility index (Phi) is 7.13. The lowest BCUT2D eigenvalue weighted by Crippen LogP contribution is -2.46. The third kappa shape index (κ3) is 6.64. The molecule has 3 atom stereocenters. The molecule has 1 fully saturated rings. The number of hydrogen-bond acceptors (Lipinski definition) is 5. The average molecular weight is 315 g/mol. The van der Waals surface area contributed by atoms with Crippen molar-refractivity contribution in [3.05, 3.63) is 0 Å². The number of aliphatic hydroxyl groups excluding tert-OH is 1. The molecule has 2 N–H and O–H groups in total. The van der Waals surface area contributed by atoms with Crippen LogP contribution in [0.5, 0.6) is 0 Å². The first-order valence-electron chi connectivity index (χ1n) is 8.07. The lowest BCUT2D eigenvalue weighted by atomic mass is 9.82. The summed E-state index contributed by atoms with van der Waals surface area (Å²) in [6, 6.07) is -0.785. The minimum Gasteiger partial charge on any atom is -0.464 e. The van der Waals surface area contributed by atoms with Crippen LogP contribution in [0.3, 0.4) is 0 Å². The van der Waals surface area contributed by atoms with Gasteiger partial charge in [0, 0.05) is 0 Å². The van der Waals surface area contributed by atoms with Crippen LogP contribution in [0.1, 0.15) is 59.8 Å². The van der Waals surface area contributed by atoms with Crippen LogP contribution in [0, 0.1) is 5.92 Å². The Balaban J connectivity index is 2.67. The second-order valence-corrected chi connectivity index (χ2v) is 6.80. The van der Waals surface area contributed by atoms with Crippen LogP contribution in [0.15, 0.2) is 0 Å². The molecule has 1 rings (SSSR count). The van der Waals surface area contributed by atoms with Crippen LogP contribution in [-0.2, 0) is 14.3 Å². The number of nitrogens with one attached hydrogen (secondary N) is 1. The van der Waals surface area contributed by atoms with Crippen LogP contribution < -0.4 is 5.32 Å². The maximum absolute atomic E-state index is 12.1. The molecule has 6 heteroatoms. The lowest BCUT2D eigenvalue weighted by Gasteiger charge is -2.30. The fourth-order valence-electron chi connectivity index (χ4n) is 2.67. The van der Waals surface area contributed by atoms with Gasteiger partial charge in [-0.3, -0.25) is 0 Å². The number of aliphatic hydroxyl groups is 1. The quantitative estimate of drug-likeness (QED) is 0.761. The first-order chi connectivity index (χ1) is 10.2. The number of amides is 1. The van der Waals surface area contributed by atoms with E-state index < -0.39 is 29.8 Å². The molecule has 0 aromatic carbocycles. The third-order valence-corrected chi connectivity index (χ3v) is 3.67. The molecule has 22 heavy (non-hydrogen) atoms. The molecule has 0 aromatic rings. The van der Waals surface area contributed by atoms with E-state index in [9.17, 15) is 14.7 Å². The summed E-state index contributed by atoms with van der Waals surface area (Å²) in [5, 5.41) is 12.6. The zero-order chi connectivity index (χ0) is 16.8. The number of rotatable bonds is 5. The second-order valence-electron chi connectivity index (χ2n) is 6.80. The minimum absolute atomic E-state index is 0.00177. The summed E-state index contributed by atoms with van der Waals surface area (Å²) < 4.78 is 10.2. The first kappa shape index (κ1) is 18.7. The van der Waals surface area contributed by atoms with Crippen LogP contribution in [0.2, 0.25) is 0 Å². The summed E-state index contributed by atoms with van der Waals surface area (Å²) in [5.74, 6) is -0.482. The summed E-state index contributed by atoms with van der Waals surface area (Å²) >= 11 is 0. The zero-order valence-electron chi connectivity index (χ0n) is 14.1. The van der Waals surface area contributed by atoms with Crippen molar-refractivity contribution in [3.8, 4) is 0 Å². The van der Waals surface area contributed by atoms with Crippen molar-refractivity contribution < 1.29 is 24.2 Å². The largest absolute Gasteiger partial charge is 0.464 e. The SMILES string of the molecule is CCOC(=O)C(CC1CCCCC1O)NC(=O)OC(C)(C)C. The second kappa shape index (κ2) is 8.36. The van der Waals surface area contributed by atoms with Crippen molar-refractivity contribution in [1.29, 1.82) is 0 Å². The highest BCUT2D eigenvalue weighted by Gasteiger charge is 2.32. The number of esters is 1. The predicted octanol–water partition coefficient (Wildman–Crippen LogP) is 2.38. The van der Waals surface area contributed by atoms with Crippen LogP contribution in [0.4, 0.5) is 4.79 Å². The van der Waals surface area contributed by atoms with Crippen molar-refractivity contribution >= 4 is 12.1 Å². The van der Waals surface area contributed by atoms with E-state index >= 15 is 0 Å². The van der Waals surface area contributed by atoms with Crippen LogP contribution in [0.25, 0.3) is 0 Å². The fourth-order valence-corrected chi connectivity index (χ4v) is 2.67. The number of carbonyl (C=O) groups is 2. The van der Waals surface area contributed by atoms with Crippen LogP contribution in [-0.4, -0.2) is 41.5 Å². The molecular formula is C16H29NO5. The Morgan fingerprint density at radius 2 is 1.91 bits per heavy atom. The number of carbonyl (C=O) groups excluding carboxylic acids is 2. The van der Waals surface area contributed by atoms with Gasteiger partial charge in [-0.05, 0) is 52.9 Å². The number of hydrogen-bond donors (Lipinski definition) is 2. The standard InChI is InChI=1S/C16H29NO5/c1-5-21-14(19)12(17-15(20)22-16(2,3)4)10-11-8-6-7-9-13(11)18/h11-13,18H,5-10H2,1-4H3,(H,17,20). The van der Waals surface area contributed by atoms with E-state index in [4.69, 9.17) is 9.47 Å². The summed E-state index contributed by atoms with van der Waals surface area (Å²) in [6.45, 7) is 7.25. The topological polar surface area (TPSA) is 84.9 Å². The highest BCUT2D eigenvalue weighted by molar-refractivity contribution is 5.81. The predicted molar refractivity (Wildman–Crippen MR) is 82.4 cm³/mol. The Morgan fingerprint density at radius 1 is 1.27 bits per heavy atom. The van der Waals surface area contributed by atoms with Gasteiger partial charge in [0.1, 0.15) is 11.6 Å². The first-order valence-corrected chi connectivity index (χ1v) is 8.07. The molecule has 0 radical (unpaired) electrons. The van der Waals surface area contributed by atoms with Crippen molar-refractivity contribution in [2.24, 2.45) is 5.92 Å². The maximum Gasteiger partial charge on any atom is 0.408 e. The van der Waals surface area contributed by atoms with E-state index in [1.54, 1.807) is 27.7 Å². The van der Waals surface area contributed by atoms with Gasteiger partial charge < -0.3 is 19.9 Å². The fraction of sp³-hybridized carbons (Fsp3) is 0.875. The van der Waals surface area contributed by atoms with Crippen molar-refractivity contribution in [2.45, 2.75) is 77.5 Å². The molecule has 0 aliphatic heterocycles.